The fraction of sp³-hybridized carbons (Fsp3) is 0.429. The molecule has 0 unspecified atom stereocenters. The number of rotatable bonds is 4. The van der Waals surface area contributed by atoms with Crippen LogP contribution in [0.25, 0.3) is 0 Å². The molecule has 0 atom stereocenters. The van der Waals surface area contributed by atoms with E-state index >= 15 is 0 Å². The van der Waals surface area contributed by atoms with Crippen LogP contribution in [0.5, 0.6) is 0 Å². The summed E-state index contributed by atoms with van der Waals surface area (Å²) in [5, 5.41) is 14.3. The van der Waals surface area contributed by atoms with E-state index in [2.05, 4.69) is 10.6 Å². The van der Waals surface area contributed by atoms with Crippen molar-refractivity contribution < 1.29 is 9.18 Å². The summed E-state index contributed by atoms with van der Waals surface area (Å²) in [5.74, 6) is -0.650. The second-order valence-electron chi connectivity index (χ2n) is 4.71. The van der Waals surface area contributed by atoms with Crippen LogP contribution in [0.15, 0.2) is 18.2 Å². The molecule has 4 nitrogen and oxygen atoms in total. The van der Waals surface area contributed by atoms with E-state index < -0.39 is 5.82 Å². The summed E-state index contributed by atoms with van der Waals surface area (Å²) in [6.07, 6.45) is 4.36. The molecule has 0 radical (unpaired) electrons. The van der Waals surface area contributed by atoms with E-state index in [-0.39, 0.29) is 29.7 Å². The van der Waals surface area contributed by atoms with Crippen molar-refractivity contribution in [1.82, 2.24) is 5.32 Å². The fourth-order valence-corrected chi connectivity index (χ4v) is 2.25. The van der Waals surface area contributed by atoms with Gasteiger partial charge in [0.25, 0.3) is 0 Å². The molecule has 1 aromatic carbocycles. The molecule has 1 fully saturated rings. The zero-order valence-electron chi connectivity index (χ0n) is 10.6. The van der Waals surface area contributed by atoms with Crippen molar-refractivity contribution in [2.24, 2.45) is 0 Å². The summed E-state index contributed by atoms with van der Waals surface area (Å²) in [7, 11) is 0. The van der Waals surface area contributed by atoms with Gasteiger partial charge in [-0.1, -0.05) is 12.8 Å². The van der Waals surface area contributed by atoms with E-state index in [9.17, 15) is 9.18 Å². The second kappa shape index (κ2) is 6.19. The molecule has 0 aliphatic heterocycles. The van der Waals surface area contributed by atoms with E-state index in [0.717, 1.165) is 31.7 Å². The van der Waals surface area contributed by atoms with Gasteiger partial charge in [0.1, 0.15) is 5.82 Å². The molecule has 1 aromatic rings. The minimum atomic E-state index is -0.521. The lowest BCUT2D eigenvalue weighted by atomic mass is 10.2. The summed E-state index contributed by atoms with van der Waals surface area (Å²) >= 11 is 0. The number of nitrogens with zero attached hydrogens (tertiary/aromatic N) is 1. The topological polar surface area (TPSA) is 64.9 Å². The van der Waals surface area contributed by atoms with Crippen molar-refractivity contribution in [3.63, 3.8) is 0 Å². The number of anilines is 1. The van der Waals surface area contributed by atoms with Crippen LogP contribution >= 0.6 is 0 Å². The predicted octanol–water partition coefficient (Wildman–Crippen LogP) is 2.17. The third-order valence-corrected chi connectivity index (χ3v) is 3.26. The largest absolute Gasteiger partial charge is 0.374 e. The van der Waals surface area contributed by atoms with E-state index in [1.807, 2.05) is 6.07 Å². The Morgan fingerprint density at radius 3 is 2.79 bits per heavy atom. The Morgan fingerprint density at radius 2 is 2.16 bits per heavy atom. The first-order valence-corrected chi connectivity index (χ1v) is 6.42. The van der Waals surface area contributed by atoms with Gasteiger partial charge in [-0.05, 0) is 31.0 Å². The standard InChI is InChI=1S/C14H16FN3O/c15-12-7-10(8-16)5-6-13(12)17-9-14(19)18-11-3-1-2-4-11/h5-7,11,17H,1-4,9H2,(H,18,19). The lowest BCUT2D eigenvalue weighted by molar-refractivity contribution is -0.120. The maximum atomic E-state index is 13.5. The monoisotopic (exact) mass is 261 g/mol. The predicted molar refractivity (Wildman–Crippen MR) is 70.0 cm³/mol. The highest BCUT2D eigenvalue weighted by atomic mass is 19.1. The number of carbonyl (C=O) groups is 1. The van der Waals surface area contributed by atoms with Crippen LogP contribution in [0, 0.1) is 17.1 Å². The molecule has 0 spiro atoms. The average Bonchev–Trinajstić information content (AvgIpc) is 2.90. The van der Waals surface area contributed by atoms with Crippen molar-refractivity contribution in [1.29, 1.82) is 5.26 Å². The second-order valence-corrected chi connectivity index (χ2v) is 4.71. The summed E-state index contributed by atoms with van der Waals surface area (Å²) in [6.45, 7) is 0.0410. The number of nitrogens with one attached hydrogen (secondary N) is 2. The zero-order valence-corrected chi connectivity index (χ0v) is 10.6. The number of hydrogen-bond acceptors (Lipinski definition) is 3. The van der Waals surface area contributed by atoms with Crippen molar-refractivity contribution in [2.45, 2.75) is 31.7 Å². The van der Waals surface area contributed by atoms with Crippen molar-refractivity contribution >= 4 is 11.6 Å². The van der Waals surface area contributed by atoms with Gasteiger partial charge in [0.05, 0.1) is 23.9 Å². The zero-order chi connectivity index (χ0) is 13.7. The summed E-state index contributed by atoms with van der Waals surface area (Å²) < 4.78 is 13.5. The highest BCUT2D eigenvalue weighted by Gasteiger charge is 2.16. The van der Waals surface area contributed by atoms with Crippen molar-refractivity contribution in [3.05, 3.63) is 29.6 Å². The smallest absolute Gasteiger partial charge is 0.239 e. The van der Waals surface area contributed by atoms with Crippen LogP contribution in [0.1, 0.15) is 31.2 Å². The van der Waals surface area contributed by atoms with E-state index in [0.29, 0.717) is 0 Å². The molecule has 1 aliphatic rings. The first-order valence-electron chi connectivity index (χ1n) is 6.42. The Balaban J connectivity index is 1.84. The number of halogens is 1. The number of carbonyl (C=O) groups excluding carboxylic acids is 1. The van der Waals surface area contributed by atoms with Crippen molar-refractivity contribution in [2.75, 3.05) is 11.9 Å². The number of hydrogen-bond donors (Lipinski definition) is 2. The molecular formula is C14H16FN3O. The van der Waals surface area contributed by atoms with Crippen molar-refractivity contribution in [3.8, 4) is 6.07 Å². The molecule has 0 aromatic heterocycles. The van der Waals surface area contributed by atoms with Gasteiger partial charge in [-0.15, -0.1) is 0 Å². The minimum Gasteiger partial charge on any atom is -0.374 e. The Hall–Kier alpha value is -2.09. The molecule has 5 heteroatoms. The molecule has 19 heavy (non-hydrogen) atoms. The molecule has 0 saturated heterocycles. The normalized spacial score (nSPS) is 14.9. The lowest BCUT2D eigenvalue weighted by Crippen LogP contribution is -2.36. The average molecular weight is 261 g/mol. The van der Waals surface area contributed by atoms with Gasteiger partial charge >= 0.3 is 0 Å². The molecule has 1 amide bonds. The van der Waals surface area contributed by atoms with Crippen LogP contribution in [-0.4, -0.2) is 18.5 Å². The number of amides is 1. The minimum absolute atomic E-state index is 0.0410. The highest BCUT2D eigenvalue weighted by Crippen LogP contribution is 2.18. The van der Waals surface area contributed by atoms with Crippen LogP contribution in [-0.2, 0) is 4.79 Å². The molecule has 100 valence electrons. The maximum absolute atomic E-state index is 13.5. The first-order chi connectivity index (χ1) is 9.19. The molecule has 2 N–H and O–H groups in total. The van der Waals surface area contributed by atoms with Gasteiger partial charge in [-0.25, -0.2) is 4.39 Å². The summed E-state index contributed by atoms with van der Waals surface area (Å²) in [4.78, 5) is 11.7. The van der Waals surface area contributed by atoms with Gasteiger partial charge in [-0.3, -0.25) is 4.79 Å². The quantitative estimate of drug-likeness (QED) is 0.873. The number of benzene rings is 1. The maximum Gasteiger partial charge on any atom is 0.239 e. The van der Waals surface area contributed by atoms with Gasteiger partial charge in [0, 0.05) is 6.04 Å². The van der Waals surface area contributed by atoms with Gasteiger partial charge < -0.3 is 10.6 Å². The third kappa shape index (κ3) is 3.68. The molecule has 1 aliphatic carbocycles. The molecule has 2 rings (SSSR count). The Bertz CT molecular complexity index is 504. The van der Waals surface area contributed by atoms with Gasteiger partial charge in [0.15, 0.2) is 0 Å². The summed E-state index contributed by atoms with van der Waals surface area (Å²) in [5.41, 5.74) is 0.499. The van der Waals surface area contributed by atoms with Crippen LogP contribution < -0.4 is 10.6 Å². The van der Waals surface area contributed by atoms with Crippen LogP contribution in [0.4, 0.5) is 10.1 Å². The highest BCUT2D eigenvalue weighted by molar-refractivity contribution is 5.81. The Kier molecular flexibility index (Phi) is 4.35. The first kappa shape index (κ1) is 13.3. The van der Waals surface area contributed by atoms with E-state index in [1.165, 1.54) is 12.1 Å². The van der Waals surface area contributed by atoms with Crippen LogP contribution in [0.3, 0.4) is 0 Å². The molecule has 1 saturated carbocycles. The lowest BCUT2D eigenvalue weighted by Gasteiger charge is -2.13. The van der Waals surface area contributed by atoms with Gasteiger partial charge in [0.2, 0.25) is 5.91 Å². The van der Waals surface area contributed by atoms with Crippen LogP contribution in [0.2, 0.25) is 0 Å². The third-order valence-electron chi connectivity index (χ3n) is 3.26. The Morgan fingerprint density at radius 1 is 1.42 bits per heavy atom. The number of nitriles is 1. The molecule has 0 heterocycles. The molecule has 0 bridgehead atoms. The Labute approximate surface area is 111 Å². The SMILES string of the molecule is N#Cc1ccc(NCC(=O)NC2CCCC2)c(F)c1. The fourth-order valence-electron chi connectivity index (χ4n) is 2.25. The molecular weight excluding hydrogens is 245 g/mol. The van der Waals surface area contributed by atoms with E-state index in [4.69, 9.17) is 5.26 Å². The summed E-state index contributed by atoms with van der Waals surface area (Å²) in [6, 6.07) is 6.26. The van der Waals surface area contributed by atoms with E-state index in [1.54, 1.807) is 0 Å². The van der Waals surface area contributed by atoms with Gasteiger partial charge in [-0.2, -0.15) is 5.26 Å².